The third-order valence-corrected chi connectivity index (χ3v) is 1.80. The van der Waals surface area contributed by atoms with Crippen molar-refractivity contribution in [1.29, 1.82) is 0 Å². The van der Waals surface area contributed by atoms with Crippen LogP contribution in [0.15, 0.2) is 36.1 Å². The molecule has 0 saturated carbocycles. The Kier molecular flexibility index (Phi) is 3.12. The van der Waals surface area contributed by atoms with Crippen molar-refractivity contribution >= 4 is 18.1 Å². The number of nitrogen functional groups attached to an aromatic ring is 1. The third kappa shape index (κ3) is 1.69. The summed E-state index contributed by atoms with van der Waals surface area (Å²) in [5.74, 6) is 0.569. The molecule has 1 aromatic carbocycles. The predicted octanol–water partition coefficient (Wildman–Crippen LogP) is 1.84. The van der Waals surface area contributed by atoms with Gasteiger partial charge in [0, 0.05) is 12.9 Å². The number of ether oxygens (including phenoxy) is 1. The quantitative estimate of drug-likeness (QED) is 0.449. The molecule has 0 saturated heterocycles. The predicted molar refractivity (Wildman–Crippen MR) is 59.6 cm³/mol. The molecule has 0 amide bonds. The minimum atomic E-state index is 0.556. The zero-order valence-corrected chi connectivity index (χ0v) is 8.10. The lowest BCUT2D eigenvalue weighted by Gasteiger charge is -2.17. The summed E-state index contributed by atoms with van der Waals surface area (Å²) in [5, 5.41) is 5.25. The minimum absolute atomic E-state index is 0.556. The first-order valence-corrected chi connectivity index (χ1v) is 4.05. The number of hydrogen-bond acceptors (Lipinski definition) is 4. The smallest absolute Gasteiger partial charge is 0.167 e. The van der Waals surface area contributed by atoms with Gasteiger partial charge in [0.1, 0.15) is 5.69 Å². The summed E-state index contributed by atoms with van der Waals surface area (Å²) in [6, 6.07) is 5.40. The second-order valence-electron chi connectivity index (χ2n) is 2.57. The van der Waals surface area contributed by atoms with E-state index in [4.69, 9.17) is 10.5 Å². The Labute approximate surface area is 83.3 Å². The Bertz CT molecular complexity index is 341. The molecule has 0 radical (unpaired) electrons. The van der Waals surface area contributed by atoms with Crippen LogP contribution in [0.1, 0.15) is 0 Å². The van der Waals surface area contributed by atoms with Crippen LogP contribution in [0.3, 0.4) is 0 Å². The number of hydrazone groups is 1. The Hall–Kier alpha value is -1.97. The lowest BCUT2D eigenvalue weighted by molar-refractivity contribution is 0.417. The molecular formula is C10H13N3O. The Morgan fingerprint density at radius 2 is 2.29 bits per heavy atom. The number of hydrogen-bond donors (Lipinski definition) is 1. The van der Waals surface area contributed by atoms with E-state index < -0.39 is 0 Å². The molecule has 0 spiro atoms. The highest BCUT2D eigenvalue weighted by atomic mass is 16.5. The molecule has 0 heterocycles. The van der Waals surface area contributed by atoms with Crippen LogP contribution in [0.2, 0.25) is 0 Å². The molecule has 74 valence electrons. The topological polar surface area (TPSA) is 50.8 Å². The molecule has 0 aliphatic rings. The van der Waals surface area contributed by atoms with Gasteiger partial charge in [-0.2, -0.15) is 5.10 Å². The monoisotopic (exact) mass is 191 g/mol. The highest BCUT2D eigenvalue weighted by Gasteiger charge is 2.10. The van der Waals surface area contributed by atoms with Gasteiger partial charge >= 0.3 is 0 Å². The summed E-state index contributed by atoms with van der Waals surface area (Å²) >= 11 is 0. The van der Waals surface area contributed by atoms with E-state index in [-0.39, 0.29) is 0 Å². The molecule has 14 heavy (non-hydrogen) atoms. The number of nitrogens with zero attached hydrogens (tertiary/aromatic N) is 2. The van der Waals surface area contributed by atoms with Crippen LogP contribution in [0.5, 0.6) is 5.75 Å². The molecule has 0 unspecified atom stereocenters. The summed E-state index contributed by atoms with van der Waals surface area (Å²) in [6.07, 6.45) is 1.53. The number of anilines is 2. The van der Waals surface area contributed by atoms with E-state index in [1.54, 1.807) is 13.2 Å². The summed E-state index contributed by atoms with van der Waals surface area (Å²) in [6.45, 7) is 7.03. The standard InChI is InChI=1S/C10H13N3O/c1-4-13(12-2)9-7-5-6-8(11)10(9)14-3/h4-7H,1-2,11H2,3H3. The van der Waals surface area contributed by atoms with Crippen LogP contribution in [0.4, 0.5) is 11.4 Å². The maximum atomic E-state index is 5.73. The summed E-state index contributed by atoms with van der Waals surface area (Å²) in [4.78, 5) is 0. The number of methoxy groups -OCH3 is 1. The Morgan fingerprint density at radius 1 is 1.57 bits per heavy atom. The molecule has 1 aromatic rings. The fourth-order valence-electron chi connectivity index (χ4n) is 1.18. The number of benzene rings is 1. The van der Waals surface area contributed by atoms with Gasteiger partial charge in [0.05, 0.1) is 12.8 Å². The summed E-state index contributed by atoms with van der Waals surface area (Å²) in [7, 11) is 1.56. The first-order valence-electron chi connectivity index (χ1n) is 4.05. The molecule has 0 aliphatic carbocycles. The van der Waals surface area contributed by atoms with Gasteiger partial charge in [0.15, 0.2) is 5.75 Å². The number of rotatable bonds is 4. The fourth-order valence-corrected chi connectivity index (χ4v) is 1.18. The summed E-state index contributed by atoms with van der Waals surface area (Å²) < 4.78 is 5.16. The molecule has 1 rings (SSSR count). The molecule has 2 N–H and O–H groups in total. The van der Waals surface area contributed by atoms with Gasteiger partial charge in [0.25, 0.3) is 0 Å². The second-order valence-corrected chi connectivity index (χ2v) is 2.57. The molecule has 4 nitrogen and oxygen atoms in total. The van der Waals surface area contributed by atoms with Crippen molar-refractivity contribution in [2.75, 3.05) is 17.9 Å². The maximum absolute atomic E-state index is 5.73. The molecule has 0 aliphatic heterocycles. The van der Waals surface area contributed by atoms with E-state index in [0.717, 1.165) is 5.69 Å². The van der Waals surface area contributed by atoms with Gasteiger partial charge in [-0.15, -0.1) is 0 Å². The second kappa shape index (κ2) is 4.32. The van der Waals surface area contributed by atoms with Crippen molar-refractivity contribution in [3.05, 3.63) is 31.0 Å². The zero-order valence-electron chi connectivity index (χ0n) is 8.10. The van der Waals surface area contributed by atoms with Gasteiger partial charge in [-0.05, 0) is 12.1 Å². The first-order chi connectivity index (χ1) is 6.74. The van der Waals surface area contributed by atoms with Crippen molar-refractivity contribution in [3.63, 3.8) is 0 Å². The Balaban J connectivity index is 3.24. The third-order valence-electron chi connectivity index (χ3n) is 1.80. The van der Waals surface area contributed by atoms with Crippen molar-refractivity contribution in [2.24, 2.45) is 5.10 Å². The van der Waals surface area contributed by atoms with Crippen molar-refractivity contribution < 1.29 is 4.74 Å². The van der Waals surface area contributed by atoms with E-state index in [2.05, 4.69) is 18.4 Å². The molecule has 0 aromatic heterocycles. The van der Waals surface area contributed by atoms with E-state index in [1.807, 2.05) is 12.1 Å². The van der Waals surface area contributed by atoms with Gasteiger partial charge in [-0.1, -0.05) is 12.6 Å². The number of nitrogens with two attached hydrogens (primary N) is 1. The Morgan fingerprint density at radius 3 is 2.79 bits per heavy atom. The molecule has 0 atom stereocenters. The molecule has 0 fully saturated rings. The lowest BCUT2D eigenvalue weighted by Crippen LogP contribution is -2.08. The lowest BCUT2D eigenvalue weighted by atomic mass is 10.2. The number of para-hydroxylation sites is 1. The van der Waals surface area contributed by atoms with E-state index >= 15 is 0 Å². The van der Waals surface area contributed by atoms with Gasteiger partial charge in [-0.3, -0.25) is 0 Å². The SMILES string of the molecule is C=CN(N=C)c1cccc(N)c1OC. The van der Waals surface area contributed by atoms with Crippen LogP contribution in [0.25, 0.3) is 0 Å². The summed E-state index contributed by atoms with van der Waals surface area (Å²) in [5.41, 5.74) is 7.01. The van der Waals surface area contributed by atoms with Crippen LogP contribution < -0.4 is 15.5 Å². The van der Waals surface area contributed by atoms with E-state index in [0.29, 0.717) is 11.4 Å². The van der Waals surface area contributed by atoms with Crippen molar-refractivity contribution in [1.82, 2.24) is 0 Å². The average Bonchev–Trinajstić information content (AvgIpc) is 2.20. The van der Waals surface area contributed by atoms with Crippen LogP contribution >= 0.6 is 0 Å². The van der Waals surface area contributed by atoms with Crippen LogP contribution in [0, 0.1) is 0 Å². The zero-order chi connectivity index (χ0) is 10.6. The van der Waals surface area contributed by atoms with Crippen molar-refractivity contribution in [2.45, 2.75) is 0 Å². The van der Waals surface area contributed by atoms with Gasteiger partial charge in [-0.25, -0.2) is 5.01 Å². The van der Waals surface area contributed by atoms with E-state index in [9.17, 15) is 0 Å². The van der Waals surface area contributed by atoms with Crippen LogP contribution in [-0.4, -0.2) is 13.8 Å². The van der Waals surface area contributed by atoms with Gasteiger partial charge in [0.2, 0.25) is 0 Å². The normalized spacial score (nSPS) is 9.21. The highest BCUT2D eigenvalue weighted by Crippen LogP contribution is 2.33. The largest absolute Gasteiger partial charge is 0.492 e. The van der Waals surface area contributed by atoms with Crippen LogP contribution in [-0.2, 0) is 0 Å². The molecule has 0 bridgehead atoms. The highest BCUT2D eigenvalue weighted by molar-refractivity contribution is 5.71. The van der Waals surface area contributed by atoms with E-state index in [1.165, 1.54) is 11.2 Å². The first kappa shape index (κ1) is 10.1. The van der Waals surface area contributed by atoms with Crippen molar-refractivity contribution in [3.8, 4) is 5.75 Å². The molecular weight excluding hydrogens is 178 g/mol. The maximum Gasteiger partial charge on any atom is 0.167 e. The fraction of sp³-hybridized carbons (Fsp3) is 0.100. The molecule has 4 heteroatoms. The minimum Gasteiger partial charge on any atom is -0.492 e. The van der Waals surface area contributed by atoms with Gasteiger partial charge < -0.3 is 10.5 Å². The average molecular weight is 191 g/mol.